The van der Waals surface area contributed by atoms with Crippen molar-refractivity contribution in [2.45, 2.75) is 92.3 Å². The second kappa shape index (κ2) is 19.7. The normalized spacial score (nSPS) is 14.3. The van der Waals surface area contributed by atoms with Crippen molar-refractivity contribution in [3.05, 3.63) is 240 Å². The molecule has 0 saturated carbocycles. The van der Waals surface area contributed by atoms with Gasteiger partial charge in [0.2, 0.25) is 0 Å². The highest BCUT2D eigenvalue weighted by molar-refractivity contribution is 6.09. The van der Waals surface area contributed by atoms with Gasteiger partial charge < -0.3 is 14.5 Å². The molecule has 0 amide bonds. The van der Waals surface area contributed by atoms with E-state index in [9.17, 15) is 0 Å². The van der Waals surface area contributed by atoms with Crippen LogP contribution in [0.3, 0.4) is 0 Å². The Bertz CT molecular complexity index is 4320. The summed E-state index contributed by atoms with van der Waals surface area (Å²) in [6.45, 7) is 16.3. The van der Waals surface area contributed by atoms with Crippen LogP contribution >= 0.6 is 0 Å². The Balaban J connectivity index is 0.927. The molecule has 2 aromatic heterocycles. The lowest BCUT2D eigenvalue weighted by molar-refractivity contribution is 0.483. The Morgan fingerprint density at radius 1 is 0.430 bits per heavy atom. The molecular formula is C74H70N4O. The van der Waals surface area contributed by atoms with Gasteiger partial charge in [-0.25, -0.2) is 4.98 Å². The van der Waals surface area contributed by atoms with Crippen LogP contribution in [0.2, 0.25) is 0 Å². The third-order valence-corrected chi connectivity index (χ3v) is 15.6. The fraction of sp³-hybridized carbons (Fsp3) is 0.203. The summed E-state index contributed by atoms with van der Waals surface area (Å²) in [6, 6.07) is 70.7. The summed E-state index contributed by atoms with van der Waals surface area (Å²) < 4.78 is 58.9. The summed E-state index contributed by atoms with van der Waals surface area (Å²) in [6.07, 6.45) is 1.54. The number of para-hydroxylation sites is 3. The number of rotatable bonds is 9. The topological polar surface area (TPSA) is 33.5 Å². The number of aryl methyl sites for hydroxylation is 2. The monoisotopic (exact) mass is 1040 g/mol. The fourth-order valence-corrected chi connectivity index (χ4v) is 11.1. The van der Waals surface area contributed by atoms with Crippen molar-refractivity contribution in [2.75, 3.05) is 16.5 Å². The Labute approximate surface area is 475 Å². The van der Waals surface area contributed by atoms with Crippen LogP contribution in [-0.2, 0) is 16.2 Å². The summed E-state index contributed by atoms with van der Waals surface area (Å²) in [5.41, 5.74) is 17.6. The van der Waals surface area contributed by atoms with Gasteiger partial charge in [0, 0.05) is 59.7 Å². The molecule has 3 heterocycles. The summed E-state index contributed by atoms with van der Waals surface area (Å²) in [5, 5.41) is 1.91. The standard InChI is InChI=1S/C74H70N4O/c1-48-21-19-24-53(37-48)65-46-75-70(38-49(65)2)78-66-28-16-15-27-61(66)62-36-35-60(45-69(62)78)79-59-26-20-25-58(44-59)76-47-77(68-30-18-17-29-67(68)76)71-63(51-22-13-12-14-23-51)42-57(74(9,10)11)43-64(71)52-33-31-50(32-34-52)54-39-55(72(3,4)5)41-56(40-54)73(6,7)8/h12-46H,47H2,1-11H3/i1D3,2D3. The van der Waals surface area contributed by atoms with E-state index in [-0.39, 0.29) is 27.4 Å². The summed E-state index contributed by atoms with van der Waals surface area (Å²) in [7, 11) is 0. The van der Waals surface area contributed by atoms with Crippen molar-refractivity contribution >= 4 is 44.6 Å². The van der Waals surface area contributed by atoms with Gasteiger partial charge in [-0.3, -0.25) is 4.57 Å². The first-order chi connectivity index (χ1) is 40.3. The number of benzene rings is 9. The maximum absolute atomic E-state index is 8.67. The first kappa shape index (κ1) is 44.3. The summed E-state index contributed by atoms with van der Waals surface area (Å²) in [4.78, 5) is 9.73. The second-order valence-corrected chi connectivity index (χ2v) is 24.2. The van der Waals surface area contributed by atoms with E-state index in [0.717, 1.165) is 66.8 Å². The van der Waals surface area contributed by atoms with E-state index in [1.807, 2.05) is 59.2 Å². The van der Waals surface area contributed by atoms with Crippen molar-refractivity contribution < 1.29 is 13.0 Å². The van der Waals surface area contributed by atoms with Crippen LogP contribution in [0, 0.1) is 13.7 Å². The Morgan fingerprint density at radius 3 is 1.72 bits per heavy atom. The van der Waals surface area contributed by atoms with E-state index < -0.39 is 13.7 Å². The average molecular weight is 1040 g/mol. The average Bonchev–Trinajstić information content (AvgIpc) is 1.98. The van der Waals surface area contributed by atoms with Crippen LogP contribution in [0.5, 0.6) is 11.5 Å². The van der Waals surface area contributed by atoms with Gasteiger partial charge in [-0.2, -0.15) is 0 Å². The molecule has 12 rings (SSSR count). The van der Waals surface area contributed by atoms with Gasteiger partial charge >= 0.3 is 0 Å². The van der Waals surface area contributed by atoms with Crippen LogP contribution in [0.1, 0.15) is 98.4 Å². The minimum atomic E-state index is -2.54. The van der Waals surface area contributed by atoms with E-state index in [1.54, 1.807) is 18.2 Å². The minimum absolute atomic E-state index is 0.00587. The Morgan fingerprint density at radius 2 is 1.03 bits per heavy atom. The molecule has 0 spiro atoms. The lowest BCUT2D eigenvalue weighted by Crippen LogP contribution is -2.25. The van der Waals surface area contributed by atoms with Gasteiger partial charge in [0.15, 0.2) is 0 Å². The Kier molecular flexibility index (Phi) is 11.0. The van der Waals surface area contributed by atoms with Crippen molar-refractivity contribution in [3.8, 4) is 61.8 Å². The number of pyridine rings is 1. The molecule has 0 bridgehead atoms. The molecule has 1 aliphatic rings. The van der Waals surface area contributed by atoms with Crippen LogP contribution < -0.4 is 14.5 Å². The zero-order valence-corrected chi connectivity index (χ0v) is 46.6. The van der Waals surface area contributed by atoms with Crippen LogP contribution in [-0.4, -0.2) is 16.2 Å². The van der Waals surface area contributed by atoms with Crippen molar-refractivity contribution in [3.63, 3.8) is 0 Å². The molecule has 0 fully saturated rings. The van der Waals surface area contributed by atoms with Crippen molar-refractivity contribution in [1.29, 1.82) is 0 Å². The van der Waals surface area contributed by atoms with Crippen LogP contribution in [0.25, 0.3) is 72.1 Å². The number of aromatic nitrogens is 2. The van der Waals surface area contributed by atoms with Gasteiger partial charge in [-0.05, 0) is 141 Å². The molecule has 0 unspecified atom stereocenters. The van der Waals surface area contributed by atoms with Crippen LogP contribution in [0.15, 0.2) is 212 Å². The molecule has 0 aliphatic carbocycles. The molecule has 79 heavy (non-hydrogen) atoms. The van der Waals surface area contributed by atoms with Gasteiger partial charge in [0.25, 0.3) is 0 Å². The van der Waals surface area contributed by atoms with E-state index in [0.29, 0.717) is 35.1 Å². The number of hydrogen-bond acceptors (Lipinski definition) is 4. The van der Waals surface area contributed by atoms with E-state index in [2.05, 4.69) is 193 Å². The third kappa shape index (κ3) is 9.77. The SMILES string of the molecule is [2H]C([2H])([2H])c1cccc(-c2cnc(-n3c4ccccc4c4ccc(Oc5cccc(N6CN(c7c(-c8ccccc8)cc(C(C)(C)C)cc7-c7ccc(-c8cc(C(C)(C)C)cc(C(C)(C)C)c8)cc7)c7ccccc76)c5)cc43)cc2C([2H])([2H])[2H])c1. The second-order valence-electron chi connectivity index (χ2n) is 24.2. The van der Waals surface area contributed by atoms with Crippen LogP contribution in [0.4, 0.5) is 22.7 Å². The number of hydrogen-bond donors (Lipinski definition) is 0. The molecule has 0 radical (unpaired) electrons. The molecule has 9 aromatic carbocycles. The quantitative estimate of drug-likeness (QED) is 0.144. The molecule has 0 saturated heterocycles. The highest BCUT2D eigenvalue weighted by Gasteiger charge is 2.33. The molecule has 0 atom stereocenters. The van der Waals surface area contributed by atoms with E-state index >= 15 is 0 Å². The maximum Gasteiger partial charge on any atom is 0.137 e. The predicted octanol–water partition coefficient (Wildman–Crippen LogP) is 20.4. The van der Waals surface area contributed by atoms with Crippen molar-refractivity contribution in [1.82, 2.24) is 9.55 Å². The van der Waals surface area contributed by atoms with Gasteiger partial charge in [0.05, 0.1) is 28.1 Å². The number of fused-ring (bicyclic) bond motifs is 4. The van der Waals surface area contributed by atoms with E-state index in [4.69, 9.17) is 17.9 Å². The van der Waals surface area contributed by atoms with Crippen molar-refractivity contribution in [2.24, 2.45) is 0 Å². The number of nitrogens with zero attached hydrogens (tertiary/aromatic N) is 4. The molecular weight excluding hydrogens is 961 g/mol. The summed E-state index contributed by atoms with van der Waals surface area (Å²) >= 11 is 0. The smallest absolute Gasteiger partial charge is 0.137 e. The summed E-state index contributed by atoms with van der Waals surface area (Å²) in [5.74, 6) is 1.64. The fourth-order valence-electron chi connectivity index (χ4n) is 11.1. The zero-order chi connectivity index (χ0) is 60.0. The highest BCUT2D eigenvalue weighted by atomic mass is 16.5. The number of ether oxygens (including phenoxy) is 1. The first-order valence-electron chi connectivity index (χ1n) is 30.4. The predicted molar refractivity (Wildman–Crippen MR) is 334 cm³/mol. The lowest BCUT2D eigenvalue weighted by Gasteiger charge is -2.30. The van der Waals surface area contributed by atoms with Gasteiger partial charge in [0.1, 0.15) is 24.0 Å². The largest absolute Gasteiger partial charge is 0.457 e. The minimum Gasteiger partial charge on any atom is -0.457 e. The number of anilines is 4. The molecule has 0 N–H and O–H groups in total. The molecule has 1 aliphatic heterocycles. The lowest BCUT2D eigenvalue weighted by atomic mass is 9.79. The Hall–Kier alpha value is -8.67. The molecule has 5 nitrogen and oxygen atoms in total. The molecule has 11 aromatic rings. The zero-order valence-electron chi connectivity index (χ0n) is 52.6. The maximum atomic E-state index is 8.67. The third-order valence-electron chi connectivity index (χ3n) is 15.6. The highest BCUT2D eigenvalue weighted by Crippen LogP contribution is 2.52. The molecule has 392 valence electrons. The van der Waals surface area contributed by atoms with Gasteiger partial charge in [-0.1, -0.05) is 201 Å². The van der Waals surface area contributed by atoms with Gasteiger partial charge in [-0.15, -0.1) is 0 Å². The first-order valence-corrected chi connectivity index (χ1v) is 27.4. The molecule has 5 heteroatoms. The van der Waals surface area contributed by atoms with E-state index in [1.165, 1.54) is 46.1 Å².